The molecule has 19 heavy (non-hydrogen) atoms. The highest BCUT2D eigenvalue weighted by molar-refractivity contribution is 7.90. The predicted molar refractivity (Wildman–Crippen MR) is 73.4 cm³/mol. The Hall–Kier alpha value is -1.56. The highest BCUT2D eigenvalue weighted by atomic mass is 32.2. The first-order chi connectivity index (χ1) is 8.80. The molecule has 0 saturated heterocycles. The van der Waals surface area contributed by atoms with Gasteiger partial charge in [0.1, 0.15) is 5.75 Å². The van der Waals surface area contributed by atoms with Crippen molar-refractivity contribution in [2.24, 2.45) is 5.92 Å². The van der Waals surface area contributed by atoms with Crippen LogP contribution < -0.4 is 9.46 Å². The Bertz CT molecular complexity index is 537. The monoisotopic (exact) mass is 285 g/mol. The molecule has 0 heterocycles. The number of hydrogen-bond donors (Lipinski definition) is 1. The van der Waals surface area contributed by atoms with Crippen molar-refractivity contribution in [3.8, 4) is 5.75 Å². The van der Waals surface area contributed by atoms with Gasteiger partial charge in [0.05, 0.1) is 5.75 Å². The van der Waals surface area contributed by atoms with Crippen LogP contribution in [0.5, 0.6) is 5.75 Å². The van der Waals surface area contributed by atoms with Gasteiger partial charge in [0, 0.05) is 0 Å². The van der Waals surface area contributed by atoms with E-state index in [1.807, 2.05) is 23.8 Å². The summed E-state index contributed by atoms with van der Waals surface area (Å²) >= 11 is 0. The normalized spacial score (nSPS) is 11.4. The molecule has 0 saturated carbocycles. The molecule has 1 rings (SSSR count). The van der Waals surface area contributed by atoms with E-state index in [-0.39, 0.29) is 18.3 Å². The molecule has 5 nitrogen and oxygen atoms in total. The van der Waals surface area contributed by atoms with Crippen molar-refractivity contribution in [1.29, 1.82) is 0 Å². The second-order valence-corrected chi connectivity index (χ2v) is 6.52. The summed E-state index contributed by atoms with van der Waals surface area (Å²) in [6.07, 6.45) is 0. The number of nitrogens with one attached hydrogen (secondary N) is 1. The summed E-state index contributed by atoms with van der Waals surface area (Å²) in [5.74, 6) is -0.214. The van der Waals surface area contributed by atoms with Crippen molar-refractivity contribution in [2.45, 2.75) is 20.8 Å². The van der Waals surface area contributed by atoms with Crippen LogP contribution in [0.15, 0.2) is 24.3 Å². The Morgan fingerprint density at radius 1 is 1.32 bits per heavy atom. The molecule has 0 aromatic heterocycles. The van der Waals surface area contributed by atoms with Crippen molar-refractivity contribution in [2.75, 3.05) is 12.4 Å². The first-order valence-electron chi connectivity index (χ1n) is 6.02. The highest BCUT2D eigenvalue weighted by Gasteiger charge is 2.16. The van der Waals surface area contributed by atoms with Crippen LogP contribution in [-0.2, 0) is 14.8 Å². The van der Waals surface area contributed by atoms with Gasteiger partial charge < -0.3 is 4.74 Å². The molecule has 0 spiro atoms. The van der Waals surface area contributed by atoms with Crippen LogP contribution in [0.2, 0.25) is 0 Å². The Kier molecular flexibility index (Phi) is 5.35. The van der Waals surface area contributed by atoms with Gasteiger partial charge in [-0.3, -0.25) is 9.52 Å². The van der Waals surface area contributed by atoms with Crippen molar-refractivity contribution in [3.05, 3.63) is 29.8 Å². The average molecular weight is 285 g/mol. The highest BCUT2D eigenvalue weighted by Crippen LogP contribution is 2.15. The summed E-state index contributed by atoms with van der Waals surface area (Å²) in [5.41, 5.74) is 0.889. The summed E-state index contributed by atoms with van der Waals surface area (Å²) in [6.45, 7) is 5.08. The van der Waals surface area contributed by atoms with Crippen LogP contribution in [0, 0.1) is 12.8 Å². The number of benzene rings is 1. The molecule has 0 aliphatic rings. The second kappa shape index (κ2) is 6.56. The minimum atomic E-state index is -3.57. The van der Waals surface area contributed by atoms with Gasteiger partial charge in [0.15, 0.2) is 6.61 Å². The Morgan fingerprint density at radius 3 is 2.53 bits per heavy atom. The summed E-state index contributed by atoms with van der Waals surface area (Å²) in [7, 11) is -3.57. The molecular formula is C13H19NO4S. The van der Waals surface area contributed by atoms with E-state index in [1.54, 1.807) is 26.0 Å². The lowest BCUT2D eigenvalue weighted by Crippen LogP contribution is -2.37. The third-order valence-electron chi connectivity index (χ3n) is 2.27. The third-order valence-corrected chi connectivity index (χ3v) is 3.92. The van der Waals surface area contributed by atoms with Crippen LogP contribution in [0.4, 0.5) is 0 Å². The molecule has 106 valence electrons. The van der Waals surface area contributed by atoms with Crippen molar-refractivity contribution < 1.29 is 17.9 Å². The minimum Gasteiger partial charge on any atom is -0.483 e. The number of sulfonamides is 1. The van der Waals surface area contributed by atoms with E-state index in [4.69, 9.17) is 4.74 Å². The number of aryl methyl sites for hydroxylation is 1. The standard InChI is InChI=1S/C13H19NO4S/c1-10(2)9-19(16,17)14-13(15)8-18-12-7-5-4-6-11(12)3/h4-7,10H,8-9H2,1-3H3,(H,14,15). The lowest BCUT2D eigenvalue weighted by molar-refractivity contribution is -0.121. The molecule has 1 aromatic carbocycles. The van der Waals surface area contributed by atoms with Gasteiger partial charge in [0.2, 0.25) is 10.0 Å². The summed E-state index contributed by atoms with van der Waals surface area (Å²) in [4.78, 5) is 11.5. The molecule has 0 bridgehead atoms. The molecule has 1 N–H and O–H groups in total. The number of para-hydroxylation sites is 1. The Morgan fingerprint density at radius 2 is 1.95 bits per heavy atom. The van der Waals surface area contributed by atoms with Crippen LogP contribution in [0.1, 0.15) is 19.4 Å². The van der Waals surface area contributed by atoms with E-state index in [1.165, 1.54) is 0 Å². The number of hydrogen-bond acceptors (Lipinski definition) is 4. The molecule has 0 aliphatic heterocycles. The number of carbonyl (C=O) groups is 1. The molecule has 6 heteroatoms. The summed E-state index contributed by atoms with van der Waals surface area (Å²) in [5, 5.41) is 0. The van der Waals surface area contributed by atoms with Gasteiger partial charge in [-0.15, -0.1) is 0 Å². The third kappa shape index (κ3) is 5.74. The van der Waals surface area contributed by atoms with E-state index >= 15 is 0 Å². The van der Waals surface area contributed by atoms with Gasteiger partial charge in [-0.1, -0.05) is 32.0 Å². The molecule has 0 aliphatic carbocycles. The zero-order chi connectivity index (χ0) is 14.5. The van der Waals surface area contributed by atoms with E-state index < -0.39 is 15.9 Å². The molecule has 0 radical (unpaired) electrons. The largest absolute Gasteiger partial charge is 0.483 e. The lowest BCUT2D eigenvalue weighted by Gasteiger charge is -2.10. The fourth-order valence-electron chi connectivity index (χ4n) is 1.55. The molecule has 0 atom stereocenters. The van der Waals surface area contributed by atoms with Crippen LogP contribution in [0.3, 0.4) is 0 Å². The maximum Gasteiger partial charge on any atom is 0.271 e. The molecule has 0 unspecified atom stereocenters. The Labute approximate surface area is 114 Å². The van der Waals surface area contributed by atoms with Crippen LogP contribution >= 0.6 is 0 Å². The van der Waals surface area contributed by atoms with Crippen molar-refractivity contribution in [1.82, 2.24) is 4.72 Å². The van der Waals surface area contributed by atoms with E-state index in [0.29, 0.717) is 5.75 Å². The summed E-state index contributed by atoms with van der Waals surface area (Å²) in [6, 6.07) is 7.22. The second-order valence-electron chi connectivity index (χ2n) is 4.75. The quantitative estimate of drug-likeness (QED) is 0.859. The Balaban J connectivity index is 2.51. The van der Waals surface area contributed by atoms with Gasteiger partial charge in [-0.25, -0.2) is 8.42 Å². The summed E-state index contributed by atoms with van der Waals surface area (Å²) < 4.78 is 30.3. The van der Waals surface area contributed by atoms with Gasteiger partial charge in [-0.05, 0) is 24.5 Å². The molecule has 0 fully saturated rings. The topological polar surface area (TPSA) is 72.5 Å². The number of rotatable bonds is 6. The van der Waals surface area contributed by atoms with Gasteiger partial charge in [-0.2, -0.15) is 0 Å². The minimum absolute atomic E-state index is 0.0393. The maximum absolute atomic E-state index is 11.5. The number of carbonyl (C=O) groups excluding carboxylic acids is 1. The van der Waals surface area contributed by atoms with E-state index in [0.717, 1.165) is 5.56 Å². The molecule has 1 aromatic rings. The smallest absolute Gasteiger partial charge is 0.271 e. The maximum atomic E-state index is 11.5. The first-order valence-corrected chi connectivity index (χ1v) is 7.67. The fourth-order valence-corrected chi connectivity index (χ4v) is 2.91. The lowest BCUT2D eigenvalue weighted by atomic mass is 10.2. The molecular weight excluding hydrogens is 266 g/mol. The van der Waals surface area contributed by atoms with E-state index in [2.05, 4.69) is 0 Å². The first kappa shape index (κ1) is 15.5. The zero-order valence-electron chi connectivity index (χ0n) is 11.3. The van der Waals surface area contributed by atoms with Gasteiger partial charge in [0.25, 0.3) is 5.91 Å². The van der Waals surface area contributed by atoms with Crippen LogP contribution in [0.25, 0.3) is 0 Å². The SMILES string of the molecule is Cc1ccccc1OCC(=O)NS(=O)(=O)CC(C)C. The zero-order valence-corrected chi connectivity index (χ0v) is 12.2. The van der Waals surface area contributed by atoms with Crippen molar-refractivity contribution >= 4 is 15.9 Å². The van der Waals surface area contributed by atoms with Crippen molar-refractivity contribution in [3.63, 3.8) is 0 Å². The fraction of sp³-hybridized carbons (Fsp3) is 0.462. The number of amides is 1. The van der Waals surface area contributed by atoms with Gasteiger partial charge >= 0.3 is 0 Å². The number of ether oxygens (including phenoxy) is 1. The average Bonchev–Trinajstić information content (AvgIpc) is 2.25. The van der Waals surface area contributed by atoms with Crippen LogP contribution in [-0.4, -0.2) is 26.7 Å². The van der Waals surface area contributed by atoms with E-state index in [9.17, 15) is 13.2 Å². The molecule has 1 amide bonds. The predicted octanol–water partition coefficient (Wildman–Crippen LogP) is 1.48.